The molecule has 3 heterocycles. The van der Waals surface area contributed by atoms with Crippen molar-refractivity contribution in [3.63, 3.8) is 0 Å². The topological polar surface area (TPSA) is 71.3 Å². The second-order valence-corrected chi connectivity index (χ2v) is 8.43. The van der Waals surface area contributed by atoms with Crippen LogP contribution in [0.15, 0.2) is 53.1 Å². The molecule has 1 saturated heterocycles. The maximum Gasteiger partial charge on any atom is 0.290 e. The number of thiophene rings is 1. The number of carbonyl (C=O) groups excluding carboxylic acids is 2. The molecule has 158 valence electrons. The van der Waals surface area contributed by atoms with E-state index in [2.05, 4.69) is 0 Å². The van der Waals surface area contributed by atoms with E-state index >= 15 is 0 Å². The SMILES string of the molecule is O=C(C1=C(O)C(=O)N(CCC[NH+]2CCOCC2)C1c1ccc(F)cc1)c1cccs1. The Hall–Kier alpha value is -2.55. The van der Waals surface area contributed by atoms with Gasteiger partial charge < -0.3 is 19.6 Å². The highest BCUT2D eigenvalue weighted by Crippen LogP contribution is 2.39. The van der Waals surface area contributed by atoms with Crippen molar-refractivity contribution >= 4 is 23.0 Å². The van der Waals surface area contributed by atoms with Crippen LogP contribution in [0.1, 0.15) is 27.7 Å². The Labute approximate surface area is 178 Å². The Morgan fingerprint density at radius 2 is 1.97 bits per heavy atom. The second kappa shape index (κ2) is 9.07. The van der Waals surface area contributed by atoms with E-state index in [1.165, 1.54) is 33.3 Å². The van der Waals surface area contributed by atoms with Crippen LogP contribution in [-0.4, -0.2) is 61.1 Å². The number of hydrogen-bond donors (Lipinski definition) is 2. The van der Waals surface area contributed by atoms with Gasteiger partial charge in [0.15, 0.2) is 5.76 Å². The van der Waals surface area contributed by atoms with E-state index < -0.39 is 23.5 Å². The second-order valence-electron chi connectivity index (χ2n) is 7.49. The molecule has 0 bridgehead atoms. The molecule has 1 fully saturated rings. The van der Waals surface area contributed by atoms with Crippen LogP contribution < -0.4 is 4.90 Å². The van der Waals surface area contributed by atoms with Crippen LogP contribution in [0.25, 0.3) is 0 Å². The number of carbonyl (C=O) groups is 2. The first-order valence-corrected chi connectivity index (χ1v) is 10.9. The van der Waals surface area contributed by atoms with Crippen LogP contribution in [0.2, 0.25) is 0 Å². The summed E-state index contributed by atoms with van der Waals surface area (Å²) in [4.78, 5) is 29.4. The first-order valence-electron chi connectivity index (χ1n) is 10.1. The largest absolute Gasteiger partial charge is 0.503 e. The number of nitrogens with one attached hydrogen (secondary N) is 1. The first kappa shape index (κ1) is 20.7. The summed E-state index contributed by atoms with van der Waals surface area (Å²) in [5.74, 6) is -1.83. The van der Waals surface area contributed by atoms with E-state index in [1.807, 2.05) is 0 Å². The number of Topliss-reactive ketones (excluding diaryl/α,β-unsaturated/α-hetero) is 1. The fourth-order valence-corrected chi connectivity index (χ4v) is 4.74. The molecule has 2 aliphatic rings. The molecule has 2 aromatic rings. The predicted molar refractivity (Wildman–Crippen MR) is 110 cm³/mol. The number of rotatable bonds is 7. The summed E-state index contributed by atoms with van der Waals surface area (Å²) in [5, 5.41) is 12.4. The van der Waals surface area contributed by atoms with E-state index in [0.717, 1.165) is 39.3 Å². The number of aliphatic hydroxyl groups is 1. The molecule has 6 nitrogen and oxygen atoms in total. The molecule has 0 aliphatic carbocycles. The Kier molecular flexibility index (Phi) is 6.26. The molecule has 2 aliphatic heterocycles. The maximum atomic E-state index is 13.5. The van der Waals surface area contributed by atoms with Crippen LogP contribution in [0.4, 0.5) is 4.39 Å². The molecule has 30 heavy (non-hydrogen) atoms. The van der Waals surface area contributed by atoms with Gasteiger partial charge in [-0.1, -0.05) is 18.2 Å². The highest BCUT2D eigenvalue weighted by molar-refractivity contribution is 7.12. The van der Waals surface area contributed by atoms with Crippen LogP contribution in [0.3, 0.4) is 0 Å². The monoisotopic (exact) mass is 431 g/mol. The lowest BCUT2D eigenvalue weighted by molar-refractivity contribution is -0.908. The Bertz CT molecular complexity index is 937. The zero-order valence-electron chi connectivity index (χ0n) is 16.5. The molecule has 2 N–H and O–H groups in total. The Morgan fingerprint density at radius 1 is 1.23 bits per heavy atom. The average molecular weight is 432 g/mol. The number of ether oxygens (including phenoxy) is 1. The lowest BCUT2D eigenvalue weighted by atomic mass is 9.95. The third-order valence-electron chi connectivity index (χ3n) is 5.61. The summed E-state index contributed by atoms with van der Waals surface area (Å²) < 4.78 is 18.9. The lowest BCUT2D eigenvalue weighted by Gasteiger charge is -2.28. The molecule has 1 amide bonds. The van der Waals surface area contributed by atoms with Crippen LogP contribution in [0.5, 0.6) is 0 Å². The van der Waals surface area contributed by atoms with Crippen molar-refractivity contribution in [3.05, 3.63) is 69.4 Å². The number of morpholine rings is 1. The van der Waals surface area contributed by atoms with Gasteiger partial charge in [-0.3, -0.25) is 9.59 Å². The first-order chi connectivity index (χ1) is 14.6. The number of nitrogens with zero attached hydrogens (tertiary/aromatic N) is 1. The zero-order valence-corrected chi connectivity index (χ0v) is 17.3. The summed E-state index contributed by atoms with van der Waals surface area (Å²) in [7, 11) is 0. The summed E-state index contributed by atoms with van der Waals surface area (Å²) in [6, 6.07) is 8.43. The molecule has 1 aromatic heterocycles. The van der Waals surface area contributed by atoms with Crippen LogP contribution in [-0.2, 0) is 9.53 Å². The van der Waals surface area contributed by atoms with Gasteiger partial charge in [-0.15, -0.1) is 11.3 Å². The minimum absolute atomic E-state index is 0.0628. The van der Waals surface area contributed by atoms with Gasteiger partial charge in [0.25, 0.3) is 5.91 Å². The number of halogens is 1. The van der Waals surface area contributed by atoms with Gasteiger partial charge in [0.05, 0.1) is 36.3 Å². The van der Waals surface area contributed by atoms with E-state index in [-0.39, 0.29) is 11.4 Å². The highest BCUT2D eigenvalue weighted by atomic mass is 32.1. The van der Waals surface area contributed by atoms with Gasteiger partial charge in [0, 0.05) is 13.0 Å². The average Bonchev–Trinajstić information content (AvgIpc) is 3.38. The van der Waals surface area contributed by atoms with E-state index in [4.69, 9.17) is 4.74 Å². The number of hydrogen-bond acceptors (Lipinski definition) is 5. The Balaban J connectivity index is 1.59. The molecule has 4 rings (SSSR count). The molecule has 0 radical (unpaired) electrons. The predicted octanol–water partition coefficient (Wildman–Crippen LogP) is 1.77. The fraction of sp³-hybridized carbons (Fsp3) is 0.364. The normalized spacial score (nSPS) is 20.2. The fourth-order valence-electron chi connectivity index (χ4n) is 4.06. The molecular formula is C22H24FN2O4S+. The van der Waals surface area contributed by atoms with Crippen molar-refractivity contribution in [2.45, 2.75) is 12.5 Å². The third kappa shape index (κ3) is 4.16. The minimum atomic E-state index is -0.729. The molecule has 1 unspecified atom stereocenters. The zero-order chi connectivity index (χ0) is 21.1. The van der Waals surface area contributed by atoms with Gasteiger partial charge in [-0.05, 0) is 29.1 Å². The van der Waals surface area contributed by atoms with E-state index in [0.29, 0.717) is 17.0 Å². The van der Waals surface area contributed by atoms with E-state index in [9.17, 15) is 19.1 Å². The molecular weight excluding hydrogens is 407 g/mol. The molecule has 1 aromatic carbocycles. The minimum Gasteiger partial charge on any atom is -0.503 e. The molecule has 0 spiro atoms. The van der Waals surface area contributed by atoms with Crippen molar-refractivity contribution in [2.24, 2.45) is 0 Å². The Morgan fingerprint density at radius 3 is 2.63 bits per heavy atom. The number of aliphatic hydroxyl groups excluding tert-OH is 1. The summed E-state index contributed by atoms with van der Waals surface area (Å²) >= 11 is 1.26. The van der Waals surface area contributed by atoms with Gasteiger partial charge in [0.1, 0.15) is 18.9 Å². The smallest absolute Gasteiger partial charge is 0.290 e. The van der Waals surface area contributed by atoms with Crippen LogP contribution in [0, 0.1) is 5.82 Å². The van der Waals surface area contributed by atoms with Crippen molar-refractivity contribution in [3.8, 4) is 0 Å². The quantitative estimate of drug-likeness (QED) is 0.656. The van der Waals surface area contributed by atoms with Crippen molar-refractivity contribution < 1.29 is 28.7 Å². The third-order valence-corrected chi connectivity index (χ3v) is 6.48. The van der Waals surface area contributed by atoms with Gasteiger partial charge >= 0.3 is 0 Å². The number of quaternary nitrogens is 1. The molecule has 1 atom stereocenters. The number of benzene rings is 1. The van der Waals surface area contributed by atoms with Crippen molar-refractivity contribution in [2.75, 3.05) is 39.4 Å². The number of ketones is 1. The standard InChI is InChI=1S/C22H23FN2O4S/c23-16-6-4-15(5-7-16)19-18(20(26)17-3-1-14-30-17)21(27)22(28)25(19)9-2-8-24-10-12-29-13-11-24/h1,3-7,14,19,27H,2,8-13H2/p+1. The summed E-state index contributed by atoms with van der Waals surface area (Å²) in [6.07, 6.45) is 0.729. The summed E-state index contributed by atoms with van der Waals surface area (Å²) in [6.45, 7) is 4.60. The highest BCUT2D eigenvalue weighted by Gasteiger charge is 2.43. The van der Waals surface area contributed by atoms with Crippen molar-refractivity contribution in [1.82, 2.24) is 4.90 Å². The lowest BCUT2D eigenvalue weighted by Crippen LogP contribution is -3.14. The van der Waals surface area contributed by atoms with Crippen molar-refractivity contribution in [1.29, 1.82) is 0 Å². The molecule has 0 saturated carbocycles. The van der Waals surface area contributed by atoms with Gasteiger partial charge in [-0.2, -0.15) is 0 Å². The molecule has 8 heteroatoms. The van der Waals surface area contributed by atoms with Crippen LogP contribution >= 0.6 is 11.3 Å². The van der Waals surface area contributed by atoms with Gasteiger partial charge in [-0.25, -0.2) is 4.39 Å². The summed E-state index contributed by atoms with van der Waals surface area (Å²) in [5.41, 5.74) is 0.667. The maximum absolute atomic E-state index is 13.5. The van der Waals surface area contributed by atoms with Gasteiger partial charge in [0.2, 0.25) is 5.78 Å². The van der Waals surface area contributed by atoms with E-state index in [1.54, 1.807) is 29.6 Å². The number of amides is 1.